The van der Waals surface area contributed by atoms with Crippen molar-refractivity contribution in [2.45, 2.75) is 256 Å². The van der Waals surface area contributed by atoms with Gasteiger partial charge in [-0.2, -0.15) is 0 Å². The average molecular weight is 1810 g/mol. The third-order valence-corrected chi connectivity index (χ3v) is 36.4. The molecule has 6 aromatic carbocycles. The maximum Gasteiger partial charge on any atom is 0.417 e. The third kappa shape index (κ3) is 23.2. The Kier molecular flexibility index (Phi) is 32.9. The predicted octanol–water partition coefficient (Wildman–Crippen LogP) is 9.80. The van der Waals surface area contributed by atoms with Crippen LogP contribution in [-0.4, -0.2) is 195 Å². The predicted molar refractivity (Wildman–Crippen MR) is 497 cm³/mol. The summed E-state index contributed by atoms with van der Waals surface area (Å²) < 4.78 is 12.7. The number of ether oxygens (including phenoxy) is 2. The number of fused-ring (bicyclic) bond motifs is 6. The maximum absolute atomic E-state index is 16.5. The van der Waals surface area contributed by atoms with E-state index in [9.17, 15) is 28.8 Å². The molecule has 10 rings (SSSR count). The van der Waals surface area contributed by atoms with Gasteiger partial charge in [-0.25, -0.2) is 19.4 Å². The Labute approximate surface area is 754 Å². The SMILES string of the molecule is CC[C@H](C)[C@H](NC(=O)[C@H](CP(=S)(C1CCCCC1)C1CCCCC1)N(C(=O)OCC1c2ccccc2-c2ccccc21)C(=O)[C@H](C)NC(=O)C(C)(C)NC(=O)[C@H](C)NC(C)=O)C(=O)N[C@@H](C)C(=O)NC(C)(C)C(=O)N(C(=O)OCC1c2ccccc2-c2ccccc21)[C@@H](CP(=S)(c1ccccc1)c1ccccc1)C(=O)N[C@@H](C)C(=O)NC(C)(C)C(=O)N[C@@H](C)C(N)=O. The van der Waals surface area contributed by atoms with Gasteiger partial charge in [0.15, 0.2) is 0 Å². The number of benzene rings is 6. The van der Waals surface area contributed by atoms with Crippen molar-refractivity contribution in [1.82, 2.24) is 57.7 Å². The lowest BCUT2D eigenvalue weighted by atomic mass is 9.97. The molecule has 0 heterocycles. The second-order valence-corrected chi connectivity index (χ2v) is 45.9. The van der Waals surface area contributed by atoms with E-state index in [-0.39, 0.29) is 37.1 Å². The summed E-state index contributed by atoms with van der Waals surface area (Å²) in [5.74, 6) is -12.8. The number of rotatable bonds is 36. The van der Waals surface area contributed by atoms with Crippen LogP contribution in [0.2, 0.25) is 0 Å². The van der Waals surface area contributed by atoms with Gasteiger partial charge >= 0.3 is 12.2 Å². The van der Waals surface area contributed by atoms with E-state index in [2.05, 4.69) is 47.9 Å². The normalized spacial score (nSPS) is 16.4. The molecule has 0 radical (unpaired) electrons. The first-order valence-electron chi connectivity index (χ1n) is 43.8. The van der Waals surface area contributed by atoms with Crippen molar-refractivity contribution >= 4 is 129 Å². The minimum Gasteiger partial charge on any atom is -0.448 e. The molecule has 2 saturated carbocycles. The topological polar surface area (TPSA) is 398 Å². The van der Waals surface area contributed by atoms with Crippen LogP contribution in [0.1, 0.15) is 202 Å². The number of hydrogen-bond donors (Lipinski definition) is 10. The highest BCUT2D eigenvalue weighted by Gasteiger charge is 2.51. The number of nitrogens with two attached hydrogens (primary N) is 1. The molecular formula is C95H122N12O16P2S2. The maximum atomic E-state index is 16.5. The second kappa shape index (κ2) is 42.4. The van der Waals surface area contributed by atoms with E-state index in [0.29, 0.717) is 15.5 Å². The van der Waals surface area contributed by atoms with Crippen molar-refractivity contribution in [3.05, 3.63) is 180 Å². The summed E-state index contributed by atoms with van der Waals surface area (Å²) in [6.07, 6.45) is 5.26. The van der Waals surface area contributed by atoms with Crippen molar-refractivity contribution in [3.63, 3.8) is 0 Å². The van der Waals surface area contributed by atoms with Gasteiger partial charge < -0.3 is 63.1 Å². The van der Waals surface area contributed by atoms with Crippen LogP contribution in [0.15, 0.2) is 158 Å². The van der Waals surface area contributed by atoms with Crippen LogP contribution in [0.3, 0.4) is 0 Å². The molecule has 14 amide bonds. The largest absolute Gasteiger partial charge is 0.448 e. The lowest BCUT2D eigenvalue weighted by Gasteiger charge is -2.44. The molecule has 680 valence electrons. The van der Waals surface area contributed by atoms with Crippen LogP contribution < -0.4 is 64.2 Å². The molecule has 32 heteroatoms. The van der Waals surface area contributed by atoms with E-state index in [1.807, 2.05) is 97.1 Å². The number of carbonyl (C=O) groups is 14. The summed E-state index contributed by atoms with van der Waals surface area (Å²) in [7, 11) is 0. The smallest absolute Gasteiger partial charge is 0.417 e. The van der Waals surface area contributed by atoms with Crippen molar-refractivity contribution in [2.24, 2.45) is 11.7 Å². The summed E-state index contributed by atoms with van der Waals surface area (Å²) in [6.45, 7) is 18.8. The van der Waals surface area contributed by atoms with Crippen LogP contribution in [-0.2, 0) is 90.6 Å². The molecule has 0 bridgehead atoms. The van der Waals surface area contributed by atoms with Crippen LogP contribution >= 0.6 is 12.1 Å². The number of carbonyl (C=O) groups excluding carboxylic acids is 14. The molecule has 0 aromatic heterocycles. The lowest BCUT2D eigenvalue weighted by molar-refractivity contribution is -0.145. The number of hydrogen-bond acceptors (Lipinski definition) is 18. The first kappa shape index (κ1) is 98.4. The summed E-state index contributed by atoms with van der Waals surface area (Å²) >= 11 is 13.9. The summed E-state index contributed by atoms with van der Waals surface area (Å²) in [5, 5.41) is 25.1. The summed E-state index contributed by atoms with van der Waals surface area (Å²) in [5.41, 5.74) is 6.45. The van der Waals surface area contributed by atoms with Gasteiger partial charge in [0.1, 0.15) is 78.2 Å². The van der Waals surface area contributed by atoms with Gasteiger partial charge in [-0.3, -0.25) is 57.5 Å². The van der Waals surface area contributed by atoms with Crippen LogP contribution in [0.4, 0.5) is 9.59 Å². The Bertz CT molecular complexity index is 5060. The van der Waals surface area contributed by atoms with Gasteiger partial charge in [-0.1, -0.05) is 240 Å². The molecular weight excluding hydrogens is 1690 g/mol. The quantitative estimate of drug-likeness (QED) is 0.0163. The molecule has 2 fully saturated rings. The third-order valence-electron chi connectivity index (χ3n) is 25.0. The highest BCUT2D eigenvalue weighted by atomic mass is 32.4. The number of nitrogens with one attached hydrogen (secondary N) is 9. The minimum absolute atomic E-state index is 0.0711. The fourth-order valence-electron chi connectivity index (χ4n) is 17.3. The number of amides is 14. The number of nitrogens with zero attached hydrogens (tertiary/aromatic N) is 2. The highest BCUT2D eigenvalue weighted by molar-refractivity contribution is 8.22. The molecule has 4 aliphatic carbocycles. The van der Waals surface area contributed by atoms with E-state index in [1.54, 1.807) is 74.5 Å². The molecule has 0 spiro atoms. The van der Waals surface area contributed by atoms with Gasteiger partial charge in [-0.05, 0) is 180 Å². The molecule has 0 unspecified atom stereocenters. The Morgan fingerprint density at radius 1 is 0.417 bits per heavy atom. The molecule has 6 aromatic rings. The average Bonchev–Trinajstić information content (AvgIpc) is 1.72. The van der Waals surface area contributed by atoms with Gasteiger partial charge in [0.25, 0.3) is 11.8 Å². The van der Waals surface area contributed by atoms with Gasteiger partial charge in [-0.15, -0.1) is 0 Å². The number of primary amides is 1. The molecule has 0 saturated heterocycles. The van der Waals surface area contributed by atoms with Crippen LogP contribution in [0, 0.1) is 5.92 Å². The molecule has 9 atom stereocenters. The van der Waals surface area contributed by atoms with Gasteiger partial charge in [0, 0.05) is 37.1 Å². The van der Waals surface area contributed by atoms with Crippen molar-refractivity contribution in [3.8, 4) is 22.3 Å². The van der Waals surface area contributed by atoms with Crippen LogP contribution in [0.5, 0.6) is 0 Å². The summed E-state index contributed by atoms with van der Waals surface area (Å²) in [4.78, 5) is 209. The first-order chi connectivity index (χ1) is 60.0. The Hall–Kier alpha value is -10.8. The Morgan fingerprint density at radius 3 is 1.16 bits per heavy atom. The minimum atomic E-state index is -3.44. The molecule has 11 N–H and O–H groups in total. The fraction of sp³-hybridized carbons (Fsp3) is 0.474. The van der Waals surface area contributed by atoms with E-state index in [1.165, 1.54) is 83.1 Å². The highest BCUT2D eigenvalue weighted by Crippen LogP contribution is 2.64. The lowest BCUT2D eigenvalue weighted by Crippen LogP contribution is -2.66. The summed E-state index contributed by atoms with van der Waals surface area (Å²) in [6, 6.07) is 29.4. The van der Waals surface area contributed by atoms with Gasteiger partial charge in [0.2, 0.25) is 59.1 Å². The van der Waals surface area contributed by atoms with E-state index < -0.39 is 184 Å². The Morgan fingerprint density at radius 2 is 0.764 bits per heavy atom. The Balaban J connectivity index is 1.01. The van der Waals surface area contributed by atoms with E-state index >= 15 is 38.4 Å². The zero-order chi connectivity index (χ0) is 92.8. The van der Waals surface area contributed by atoms with E-state index in [0.717, 1.165) is 114 Å². The molecule has 28 nitrogen and oxygen atoms in total. The zero-order valence-electron chi connectivity index (χ0n) is 74.8. The molecule has 0 aliphatic heterocycles. The van der Waals surface area contributed by atoms with Crippen molar-refractivity contribution < 1.29 is 76.6 Å². The fourth-order valence-corrected chi connectivity index (χ4v) is 27.6. The standard InChI is InChI=1S/C95H122N12O16P2S2/c1-15-56(2)79(102-85(114)77(54-124(126,63-36-20-16-21-37-63)64-38-22-17-23-39-64)106(87(116)61(7)101-89(118)94(11,12)103-81(110)58(4)97-62(8)108)91(120)122-52-75-71-48-32-28-44-67(71)68-45-29-33-49-72(68)75)86(115)99-60(6)83(112)105-95(13,14)90(119)107(92(121)123-53-76-73-50-34-30-46-69(73)70-47-31-35-51-74(70)76)78(55-125(127,65-40-24-18-25-41-65)66-42-26-19-27-43-66)84(113)98-59(5)82(111)104-93(9,10)88(117)100-57(3)80(96)109/h18-19,24-35,40-51,56-61,63-64,75-79H,15-17,20-23,36-39,52-55H2,1-14H3,(H2,96,109)(H,97,108)(H,98,113)(H,99,115)(H,100,117)(H,101,118)(H,102,114)(H,103,110)(H,104,111)(H,105,112)/t56-,57-,58-,59-,60-,61-,77-,78-,79-/m0/s1. The van der Waals surface area contributed by atoms with Crippen molar-refractivity contribution in [1.29, 1.82) is 0 Å². The van der Waals surface area contributed by atoms with E-state index in [4.69, 9.17) is 38.8 Å². The zero-order valence-corrected chi connectivity index (χ0v) is 78.3. The first-order valence-corrected chi connectivity index (χ1v) is 49.9. The molecule has 127 heavy (non-hydrogen) atoms. The van der Waals surface area contributed by atoms with Gasteiger partial charge in [0.05, 0.1) is 0 Å². The van der Waals surface area contributed by atoms with Crippen molar-refractivity contribution in [2.75, 3.05) is 25.5 Å². The van der Waals surface area contributed by atoms with Crippen LogP contribution in [0.25, 0.3) is 22.3 Å². The second-order valence-electron chi connectivity index (χ2n) is 35.6. The number of imide groups is 2. The molecule has 4 aliphatic rings. The monoisotopic (exact) mass is 1810 g/mol.